The van der Waals surface area contributed by atoms with Gasteiger partial charge in [0.05, 0.1) is 11.2 Å². The molecule has 8 heteroatoms. The van der Waals surface area contributed by atoms with Crippen molar-refractivity contribution < 1.29 is 14.3 Å². The van der Waals surface area contributed by atoms with E-state index in [1.165, 1.54) is 12.3 Å². The minimum absolute atomic E-state index is 0. The summed E-state index contributed by atoms with van der Waals surface area (Å²) in [6, 6.07) is 3.08. The van der Waals surface area contributed by atoms with Gasteiger partial charge in [0.2, 0.25) is 5.43 Å². The molecule has 1 aromatic carbocycles. The maximum Gasteiger partial charge on any atom is 0.341 e. The van der Waals surface area contributed by atoms with Gasteiger partial charge in [0.15, 0.2) is 0 Å². The first kappa shape index (κ1) is 18.3. The number of nitrogens with one attached hydrogen (secondary N) is 1. The maximum absolute atomic E-state index is 14.6. The number of fused-ring (bicyclic) bond motifs is 1. The molecule has 0 atom stereocenters. The van der Waals surface area contributed by atoms with E-state index >= 15 is 0 Å². The SMILES string of the molecule is O=C(O)c1cn(C2CC2)c2cc(N3CCNCC3)c(F)cc2c1=O.[Pb]. The van der Waals surface area contributed by atoms with Crippen molar-refractivity contribution in [1.29, 1.82) is 0 Å². The van der Waals surface area contributed by atoms with Gasteiger partial charge in [-0.2, -0.15) is 0 Å². The van der Waals surface area contributed by atoms with E-state index in [0.29, 0.717) is 24.3 Å². The van der Waals surface area contributed by atoms with Crippen molar-refractivity contribution in [3.8, 4) is 0 Å². The number of carboxylic acid groups (broad SMARTS) is 1. The van der Waals surface area contributed by atoms with E-state index in [4.69, 9.17) is 0 Å². The predicted octanol–water partition coefficient (Wildman–Crippen LogP) is 1.20. The van der Waals surface area contributed by atoms with Crippen LogP contribution in [0.5, 0.6) is 0 Å². The molecule has 25 heavy (non-hydrogen) atoms. The second-order valence-electron chi connectivity index (χ2n) is 6.37. The molecule has 130 valence electrons. The van der Waals surface area contributed by atoms with E-state index in [2.05, 4.69) is 5.32 Å². The van der Waals surface area contributed by atoms with Crippen LogP contribution in [0.25, 0.3) is 10.9 Å². The Bertz CT molecular complexity index is 889. The molecule has 0 spiro atoms. The second kappa shape index (κ2) is 7.02. The van der Waals surface area contributed by atoms with Gasteiger partial charge in [-0.05, 0) is 25.0 Å². The number of pyridine rings is 1. The molecule has 0 unspecified atom stereocenters. The number of aromatic nitrogens is 1. The van der Waals surface area contributed by atoms with Crippen LogP contribution in [0, 0.1) is 5.82 Å². The Morgan fingerprint density at radius 2 is 1.92 bits per heavy atom. The molecule has 6 nitrogen and oxygen atoms in total. The largest absolute Gasteiger partial charge is 0.477 e. The van der Waals surface area contributed by atoms with E-state index in [9.17, 15) is 19.1 Å². The first-order chi connectivity index (χ1) is 11.6. The Hall–Kier alpha value is -1.49. The van der Waals surface area contributed by atoms with Gasteiger partial charge in [0, 0.05) is 71.1 Å². The van der Waals surface area contributed by atoms with Crippen LogP contribution in [0.15, 0.2) is 23.1 Å². The predicted molar refractivity (Wildman–Crippen MR) is 94.2 cm³/mol. The number of hydrogen-bond acceptors (Lipinski definition) is 4. The summed E-state index contributed by atoms with van der Waals surface area (Å²) in [5, 5.41) is 12.6. The van der Waals surface area contributed by atoms with Crippen molar-refractivity contribution >= 4 is 49.9 Å². The topological polar surface area (TPSA) is 74.6 Å². The Morgan fingerprint density at radius 3 is 2.52 bits per heavy atom. The van der Waals surface area contributed by atoms with E-state index < -0.39 is 17.2 Å². The van der Waals surface area contributed by atoms with Crippen molar-refractivity contribution in [2.45, 2.75) is 18.9 Å². The molecule has 2 heterocycles. The molecule has 4 radical (unpaired) electrons. The van der Waals surface area contributed by atoms with E-state index in [1.807, 2.05) is 9.47 Å². The molecule has 2 aliphatic rings. The molecule has 0 bridgehead atoms. The first-order valence-corrected chi connectivity index (χ1v) is 8.13. The zero-order valence-corrected chi connectivity index (χ0v) is 17.5. The Labute approximate surface area is 163 Å². The van der Waals surface area contributed by atoms with Gasteiger partial charge < -0.3 is 19.9 Å². The van der Waals surface area contributed by atoms with E-state index in [0.717, 1.165) is 25.9 Å². The van der Waals surface area contributed by atoms with Gasteiger partial charge in [-0.3, -0.25) is 4.79 Å². The minimum atomic E-state index is -1.28. The normalized spacial score (nSPS) is 17.4. The second-order valence-corrected chi connectivity index (χ2v) is 6.37. The van der Waals surface area contributed by atoms with Gasteiger partial charge in [0.25, 0.3) is 0 Å². The molecular weight excluding hydrogens is 520 g/mol. The number of nitrogens with zero attached hydrogens (tertiary/aromatic N) is 2. The monoisotopic (exact) mass is 539 g/mol. The summed E-state index contributed by atoms with van der Waals surface area (Å²) in [5.41, 5.74) is 0.159. The molecule has 1 aliphatic carbocycles. The third-order valence-corrected chi connectivity index (χ3v) is 4.73. The molecule has 2 N–H and O–H groups in total. The number of aromatic carboxylic acids is 1. The summed E-state index contributed by atoms with van der Waals surface area (Å²) in [4.78, 5) is 25.7. The maximum atomic E-state index is 14.6. The quantitative estimate of drug-likeness (QED) is 0.575. The summed E-state index contributed by atoms with van der Waals surface area (Å²) in [5.74, 6) is -1.76. The van der Waals surface area contributed by atoms with Crippen LogP contribution in [0.3, 0.4) is 0 Å². The van der Waals surface area contributed by atoms with E-state index in [1.54, 1.807) is 6.07 Å². The molecule has 1 saturated carbocycles. The van der Waals surface area contributed by atoms with Crippen LogP contribution >= 0.6 is 0 Å². The number of anilines is 1. The average molecular weight is 539 g/mol. The van der Waals surface area contributed by atoms with Gasteiger partial charge in [0.1, 0.15) is 11.4 Å². The summed E-state index contributed by atoms with van der Waals surface area (Å²) < 4.78 is 16.4. The number of hydrogen-bond donors (Lipinski definition) is 2. The number of benzene rings is 1. The molecule has 2 fully saturated rings. The van der Waals surface area contributed by atoms with E-state index in [-0.39, 0.29) is 44.3 Å². The Kier molecular flexibility index (Phi) is 5.14. The standard InChI is InChI=1S/C17H18FN3O3.Pb/c18-13-7-11-14(8-15(13)20-5-3-19-4-6-20)21(10-1-2-10)9-12(16(11)22)17(23)24;/h7-10,19H,1-6H2,(H,23,24);. The van der Waals surface area contributed by atoms with Crippen molar-refractivity contribution in [3.63, 3.8) is 0 Å². The van der Waals surface area contributed by atoms with Crippen molar-refractivity contribution in [1.82, 2.24) is 9.88 Å². The van der Waals surface area contributed by atoms with Gasteiger partial charge in [-0.1, -0.05) is 0 Å². The fraction of sp³-hybridized carbons (Fsp3) is 0.412. The smallest absolute Gasteiger partial charge is 0.341 e. The molecular formula is C17H18FN3O3Pb. The molecule has 4 rings (SSSR count). The summed E-state index contributed by atoms with van der Waals surface area (Å²) >= 11 is 0. The molecule has 1 aliphatic heterocycles. The zero-order valence-electron chi connectivity index (χ0n) is 13.6. The molecule has 0 amide bonds. The van der Waals surface area contributed by atoms with Crippen LogP contribution in [-0.2, 0) is 0 Å². The van der Waals surface area contributed by atoms with Crippen molar-refractivity contribution in [2.75, 3.05) is 31.1 Å². The van der Waals surface area contributed by atoms with Gasteiger partial charge in [-0.25, -0.2) is 9.18 Å². The Balaban J connectivity index is 0.00000182. The molecule has 1 saturated heterocycles. The summed E-state index contributed by atoms with van der Waals surface area (Å²) in [6.45, 7) is 2.96. The average Bonchev–Trinajstić information content (AvgIpc) is 3.40. The fourth-order valence-corrected chi connectivity index (χ4v) is 3.31. The molecule has 1 aromatic heterocycles. The third kappa shape index (κ3) is 3.31. The fourth-order valence-electron chi connectivity index (χ4n) is 3.31. The first-order valence-electron chi connectivity index (χ1n) is 8.13. The van der Waals surface area contributed by atoms with Gasteiger partial charge in [-0.15, -0.1) is 0 Å². The summed E-state index contributed by atoms with van der Waals surface area (Å²) in [6.07, 6.45) is 3.29. The van der Waals surface area contributed by atoms with Crippen molar-refractivity contribution in [2.24, 2.45) is 0 Å². The Morgan fingerprint density at radius 1 is 1.24 bits per heavy atom. The number of rotatable bonds is 3. The zero-order chi connectivity index (χ0) is 16.8. The molecule has 2 aromatic rings. The minimum Gasteiger partial charge on any atom is -0.477 e. The van der Waals surface area contributed by atoms with Crippen LogP contribution in [0.1, 0.15) is 29.2 Å². The van der Waals surface area contributed by atoms with Crippen molar-refractivity contribution in [3.05, 3.63) is 39.9 Å². The van der Waals surface area contributed by atoms with Gasteiger partial charge >= 0.3 is 5.97 Å². The number of carboxylic acids is 1. The van der Waals surface area contributed by atoms with Crippen LogP contribution < -0.4 is 15.6 Å². The van der Waals surface area contributed by atoms with Crippen LogP contribution in [0.2, 0.25) is 0 Å². The number of halogens is 1. The van der Waals surface area contributed by atoms with Crippen LogP contribution in [-0.4, -0.2) is 69.1 Å². The van der Waals surface area contributed by atoms with Crippen LogP contribution in [0.4, 0.5) is 10.1 Å². The third-order valence-electron chi connectivity index (χ3n) is 4.73. The number of piperazine rings is 1. The summed E-state index contributed by atoms with van der Waals surface area (Å²) in [7, 11) is 0. The number of carbonyl (C=O) groups is 1.